The van der Waals surface area contributed by atoms with Crippen LogP contribution in [0.1, 0.15) is 0 Å². The van der Waals surface area contributed by atoms with Gasteiger partial charge in [0.1, 0.15) is 24.0 Å². The predicted octanol–water partition coefficient (Wildman–Crippen LogP) is 3.24. The van der Waals surface area contributed by atoms with Gasteiger partial charge in [0.2, 0.25) is 0 Å². The smallest absolute Gasteiger partial charge is 0.336 e. The zero-order chi connectivity index (χ0) is 14.9. The molecule has 1 saturated heterocycles. The fraction of sp³-hybridized carbons (Fsp3) is 0.167. The van der Waals surface area contributed by atoms with Crippen LogP contribution < -0.4 is 10.4 Å². The molecule has 0 aliphatic carbocycles. The number of rotatable bonds is 4. The van der Waals surface area contributed by atoms with E-state index in [0.29, 0.717) is 17.9 Å². The Morgan fingerprint density at radius 1 is 1.09 bits per heavy atom. The van der Waals surface area contributed by atoms with Crippen LogP contribution in [-0.4, -0.2) is 19.3 Å². The Kier molecular flexibility index (Phi) is 3.16. The van der Waals surface area contributed by atoms with Crippen molar-refractivity contribution in [2.75, 3.05) is 13.2 Å². The van der Waals surface area contributed by atoms with E-state index in [1.165, 1.54) is 6.07 Å². The molecular formula is C18H14O4. The second-order valence-corrected chi connectivity index (χ2v) is 5.27. The number of benzene rings is 2. The molecule has 0 saturated carbocycles. The summed E-state index contributed by atoms with van der Waals surface area (Å²) in [4.78, 5) is 11.8. The highest BCUT2D eigenvalue weighted by Crippen LogP contribution is 2.29. The summed E-state index contributed by atoms with van der Waals surface area (Å²) in [5.41, 5.74) is 2.01. The van der Waals surface area contributed by atoms with Gasteiger partial charge in [0.15, 0.2) is 0 Å². The van der Waals surface area contributed by atoms with Gasteiger partial charge in [0.05, 0.1) is 6.61 Å². The number of hydrogen-bond acceptors (Lipinski definition) is 4. The van der Waals surface area contributed by atoms with E-state index in [0.717, 1.165) is 23.1 Å². The van der Waals surface area contributed by atoms with Crippen LogP contribution in [0.4, 0.5) is 0 Å². The van der Waals surface area contributed by atoms with Crippen molar-refractivity contribution < 1.29 is 13.9 Å². The molecule has 4 nitrogen and oxygen atoms in total. The Labute approximate surface area is 126 Å². The molecule has 0 spiro atoms. The SMILES string of the molecule is O=c1cc(-c2ccccc2)c2ccc(OC[C@@H]3CO3)cc2o1. The first-order valence-corrected chi connectivity index (χ1v) is 7.17. The fourth-order valence-electron chi connectivity index (χ4n) is 2.44. The van der Waals surface area contributed by atoms with Crippen LogP contribution in [-0.2, 0) is 4.74 Å². The molecule has 4 rings (SSSR count). The largest absolute Gasteiger partial charge is 0.491 e. The van der Waals surface area contributed by atoms with Gasteiger partial charge >= 0.3 is 5.63 Å². The van der Waals surface area contributed by atoms with Gasteiger partial charge < -0.3 is 13.9 Å². The lowest BCUT2D eigenvalue weighted by Gasteiger charge is -2.08. The van der Waals surface area contributed by atoms with Gasteiger partial charge in [0.25, 0.3) is 0 Å². The summed E-state index contributed by atoms with van der Waals surface area (Å²) >= 11 is 0. The number of ether oxygens (including phenoxy) is 2. The standard InChI is InChI=1S/C18H14O4/c19-18-9-16(12-4-2-1-3-5-12)15-7-6-13(8-17(15)22-18)20-10-14-11-21-14/h1-9,14H,10-11H2/t14-/m1/s1. The molecule has 0 N–H and O–H groups in total. The van der Waals surface area contributed by atoms with Crippen molar-refractivity contribution in [2.45, 2.75) is 6.10 Å². The first kappa shape index (κ1) is 13.1. The maximum absolute atomic E-state index is 11.8. The van der Waals surface area contributed by atoms with Crippen molar-refractivity contribution in [3.05, 3.63) is 65.0 Å². The van der Waals surface area contributed by atoms with Crippen LogP contribution in [0.5, 0.6) is 5.75 Å². The Morgan fingerprint density at radius 3 is 2.68 bits per heavy atom. The van der Waals surface area contributed by atoms with Gasteiger partial charge in [-0.3, -0.25) is 0 Å². The minimum Gasteiger partial charge on any atom is -0.491 e. The average Bonchev–Trinajstić information content (AvgIpc) is 3.37. The molecule has 1 aliphatic heterocycles. The molecule has 0 unspecified atom stereocenters. The maximum Gasteiger partial charge on any atom is 0.336 e. The molecule has 1 aliphatic rings. The van der Waals surface area contributed by atoms with E-state index in [2.05, 4.69) is 0 Å². The molecule has 3 aromatic rings. The van der Waals surface area contributed by atoms with Crippen molar-refractivity contribution in [3.63, 3.8) is 0 Å². The van der Waals surface area contributed by atoms with Crippen LogP contribution in [0.3, 0.4) is 0 Å². The van der Waals surface area contributed by atoms with E-state index in [1.54, 1.807) is 6.07 Å². The summed E-state index contributed by atoms with van der Waals surface area (Å²) in [6.45, 7) is 1.27. The summed E-state index contributed by atoms with van der Waals surface area (Å²) in [6.07, 6.45) is 0.193. The van der Waals surface area contributed by atoms with Crippen molar-refractivity contribution in [2.24, 2.45) is 0 Å². The molecule has 0 amide bonds. The van der Waals surface area contributed by atoms with Crippen LogP contribution in [0.25, 0.3) is 22.1 Å². The summed E-state index contributed by atoms with van der Waals surface area (Å²) < 4.78 is 16.1. The van der Waals surface area contributed by atoms with Gasteiger partial charge in [-0.05, 0) is 23.3 Å². The van der Waals surface area contributed by atoms with E-state index in [9.17, 15) is 4.79 Å². The van der Waals surface area contributed by atoms with Gasteiger partial charge in [-0.15, -0.1) is 0 Å². The summed E-state index contributed by atoms with van der Waals surface area (Å²) in [6, 6.07) is 16.9. The van der Waals surface area contributed by atoms with Gasteiger partial charge in [-0.1, -0.05) is 30.3 Å². The summed E-state index contributed by atoms with van der Waals surface area (Å²) in [5.74, 6) is 0.677. The van der Waals surface area contributed by atoms with E-state index in [-0.39, 0.29) is 11.7 Å². The zero-order valence-corrected chi connectivity index (χ0v) is 11.8. The molecule has 1 atom stereocenters. The lowest BCUT2D eigenvalue weighted by Crippen LogP contribution is -2.04. The molecule has 4 heteroatoms. The first-order valence-electron chi connectivity index (χ1n) is 7.17. The fourth-order valence-corrected chi connectivity index (χ4v) is 2.44. The minimum atomic E-state index is -0.367. The van der Waals surface area contributed by atoms with E-state index in [4.69, 9.17) is 13.9 Å². The van der Waals surface area contributed by atoms with Crippen molar-refractivity contribution in [1.82, 2.24) is 0 Å². The van der Waals surface area contributed by atoms with Gasteiger partial charge in [-0.2, -0.15) is 0 Å². The molecule has 0 bridgehead atoms. The lowest BCUT2D eigenvalue weighted by atomic mass is 10.0. The van der Waals surface area contributed by atoms with Gasteiger partial charge in [0, 0.05) is 17.5 Å². The molecule has 2 aromatic carbocycles. The predicted molar refractivity (Wildman–Crippen MR) is 83.2 cm³/mol. The van der Waals surface area contributed by atoms with E-state index < -0.39 is 0 Å². The lowest BCUT2D eigenvalue weighted by molar-refractivity contribution is 0.263. The Balaban J connectivity index is 1.79. The normalized spacial score (nSPS) is 16.6. The number of epoxide rings is 1. The molecule has 1 fully saturated rings. The van der Waals surface area contributed by atoms with Crippen LogP contribution in [0.15, 0.2) is 63.8 Å². The third-order valence-corrected chi connectivity index (χ3v) is 3.64. The molecular weight excluding hydrogens is 280 g/mol. The average molecular weight is 294 g/mol. The zero-order valence-electron chi connectivity index (χ0n) is 11.8. The summed E-state index contributed by atoms with van der Waals surface area (Å²) in [5, 5.41) is 0.890. The third kappa shape index (κ3) is 2.61. The second kappa shape index (κ2) is 5.31. The van der Waals surface area contributed by atoms with Crippen LogP contribution in [0.2, 0.25) is 0 Å². The topological polar surface area (TPSA) is 52.0 Å². The highest BCUT2D eigenvalue weighted by Gasteiger charge is 2.23. The second-order valence-electron chi connectivity index (χ2n) is 5.27. The molecule has 0 radical (unpaired) electrons. The van der Waals surface area contributed by atoms with Crippen LogP contribution >= 0.6 is 0 Å². The third-order valence-electron chi connectivity index (χ3n) is 3.64. The molecule has 110 valence electrons. The number of hydrogen-bond donors (Lipinski definition) is 0. The van der Waals surface area contributed by atoms with E-state index >= 15 is 0 Å². The van der Waals surface area contributed by atoms with Crippen molar-refractivity contribution in [1.29, 1.82) is 0 Å². The Hall–Kier alpha value is -2.59. The number of fused-ring (bicyclic) bond motifs is 1. The summed E-state index contributed by atoms with van der Waals surface area (Å²) in [7, 11) is 0. The van der Waals surface area contributed by atoms with E-state index in [1.807, 2.05) is 42.5 Å². The molecule has 1 aromatic heterocycles. The quantitative estimate of drug-likeness (QED) is 0.547. The Morgan fingerprint density at radius 2 is 1.91 bits per heavy atom. The highest BCUT2D eigenvalue weighted by atomic mass is 16.6. The van der Waals surface area contributed by atoms with Crippen molar-refractivity contribution in [3.8, 4) is 16.9 Å². The minimum absolute atomic E-state index is 0.193. The maximum atomic E-state index is 11.8. The monoisotopic (exact) mass is 294 g/mol. The highest BCUT2D eigenvalue weighted by molar-refractivity contribution is 5.93. The first-order chi connectivity index (χ1) is 10.8. The molecule has 22 heavy (non-hydrogen) atoms. The Bertz CT molecular complexity index is 863. The molecule has 2 heterocycles. The van der Waals surface area contributed by atoms with Crippen molar-refractivity contribution >= 4 is 11.0 Å². The van der Waals surface area contributed by atoms with Crippen LogP contribution in [0, 0.1) is 0 Å². The van der Waals surface area contributed by atoms with Gasteiger partial charge in [-0.25, -0.2) is 4.79 Å².